The maximum atomic E-state index is 14.0. The molecule has 10 heteroatoms. The van der Waals surface area contributed by atoms with Crippen molar-refractivity contribution in [2.24, 2.45) is 0 Å². The van der Waals surface area contributed by atoms with E-state index in [1.165, 1.54) is 30.3 Å². The van der Waals surface area contributed by atoms with Crippen LogP contribution >= 0.6 is 0 Å². The van der Waals surface area contributed by atoms with Gasteiger partial charge in [0.25, 0.3) is 5.91 Å². The summed E-state index contributed by atoms with van der Waals surface area (Å²) in [5.74, 6) is -2.80. The average Bonchev–Trinajstić information content (AvgIpc) is 3.31. The van der Waals surface area contributed by atoms with E-state index >= 15 is 0 Å². The van der Waals surface area contributed by atoms with E-state index in [2.05, 4.69) is 10.3 Å². The van der Waals surface area contributed by atoms with Crippen LogP contribution in [0.4, 0.5) is 8.78 Å². The van der Waals surface area contributed by atoms with Crippen LogP contribution in [0.15, 0.2) is 79.0 Å². The number of carbonyl (C=O) groups excluding carboxylic acids is 2. The molecular weight excluding hydrogens is 556 g/mol. The van der Waals surface area contributed by atoms with Crippen molar-refractivity contribution in [1.82, 2.24) is 14.9 Å². The summed E-state index contributed by atoms with van der Waals surface area (Å²) < 4.78 is 29.8. The Bertz CT molecular complexity index is 1580. The number of aliphatic hydroxyl groups excluding tert-OH is 2. The monoisotopic (exact) mass is 588 g/mol. The summed E-state index contributed by atoms with van der Waals surface area (Å²) in [5, 5.41) is 34.4. The number of aliphatic hydroxyl groups is 2. The molecule has 2 heterocycles. The molecule has 224 valence electrons. The van der Waals surface area contributed by atoms with Gasteiger partial charge in [-0.2, -0.15) is 0 Å². The molecule has 0 bridgehead atoms. The number of hydrogen-bond acceptors (Lipinski definition) is 6. The smallest absolute Gasteiger partial charge is 0.268 e. The van der Waals surface area contributed by atoms with Crippen molar-refractivity contribution in [3.63, 3.8) is 0 Å². The molecule has 0 saturated heterocycles. The van der Waals surface area contributed by atoms with Gasteiger partial charge in [0.15, 0.2) is 0 Å². The molecule has 0 aliphatic heterocycles. The largest absolute Gasteiger partial charge is 0.550 e. The molecule has 4 rings (SSSR count). The fourth-order valence-electron chi connectivity index (χ4n) is 4.93. The van der Waals surface area contributed by atoms with E-state index in [0.29, 0.717) is 33.6 Å². The lowest BCUT2D eigenvalue weighted by molar-refractivity contribution is -0.307. The van der Waals surface area contributed by atoms with E-state index in [0.717, 1.165) is 0 Å². The number of hydrogen-bond donors (Lipinski definition) is 3. The standard InChI is InChI=1S/C33H33F2N3O5/c1-20(2)38-28(15-14-26(39)17-27(40)18-29(41)42)30(21-6-10-23(34)11-7-21)31(22-8-12-24(35)13-9-22)32(38)33(43)37-19-25-5-3-4-16-36-25/h3-16,20,26-27,39-40H,17-19H2,1-2H3,(H,37,43)(H,41,42)/p-1/b15-14+/t26-,27-/m1/s1. The van der Waals surface area contributed by atoms with E-state index in [9.17, 15) is 33.7 Å². The van der Waals surface area contributed by atoms with Crippen molar-refractivity contribution in [2.75, 3.05) is 0 Å². The maximum absolute atomic E-state index is 14.0. The Kier molecular flexibility index (Phi) is 10.2. The summed E-state index contributed by atoms with van der Waals surface area (Å²) in [4.78, 5) is 29.1. The second kappa shape index (κ2) is 14.0. The first-order valence-corrected chi connectivity index (χ1v) is 13.8. The molecule has 2 aromatic carbocycles. The molecule has 2 atom stereocenters. The van der Waals surface area contributed by atoms with E-state index in [4.69, 9.17) is 0 Å². The summed E-state index contributed by atoms with van der Waals surface area (Å²) in [6.45, 7) is 3.88. The van der Waals surface area contributed by atoms with Gasteiger partial charge < -0.3 is 30.0 Å². The van der Waals surface area contributed by atoms with Crippen molar-refractivity contribution in [2.45, 2.75) is 51.5 Å². The highest BCUT2D eigenvalue weighted by Gasteiger charge is 2.29. The summed E-state index contributed by atoms with van der Waals surface area (Å²) in [6, 6.07) is 16.4. The number of carboxylic acids is 1. The van der Waals surface area contributed by atoms with Crippen molar-refractivity contribution in [3.8, 4) is 22.3 Å². The molecule has 43 heavy (non-hydrogen) atoms. The second-order valence-corrected chi connectivity index (χ2v) is 10.4. The van der Waals surface area contributed by atoms with Crippen LogP contribution in [0, 0.1) is 11.6 Å². The Morgan fingerprint density at radius 2 is 1.56 bits per heavy atom. The molecule has 0 fully saturated rings. The Hall–Kier alpha value is -4.67. The third-order valence-electron chi connectivity index (χ3n) is 6.79. The van der Waals surface area contributed by atoms with Gasteiger partial charge in [-0.25, -0.2) is 8.78 Å². The third-order valence-corrected chi connectivity index (χ3v) is 6.79. The molecule has 0 spiro atoms. The Morgan fingerprint density at radius 3 is 2.09 bits per heavy atom. The zero-order valence-electron chi connectivity index (χ0n) is 23.7. The molecule has 0 aliphatic carbocycles. The summed E-state index contributed by atoms with van der Waals surface area (Å²) in [7, 11) is 0. The summed E-state index contributed by atoms with van der Waals surface area (Å²) in [6.07, 6.45) is 1.13. The van der Waals surface area contributed by atoms with Crippen LogP contribution in [0.25, 0.3) is 28.3 Å². The minimum Gasteiger partial charge on any atom is -0.550 e. The number of benzene rings is 2. The van der Waals surface area contributed by atoms with Gasteiger partial charge in [-0.3, -0.25) is 9.78 Å². The van der Waals surface area contributed by atoms with Gasteiger partial charge in [-0.15, -0.1) is 0 Å². The maximum Gasteiger partial charge on any atom is 0.268 e. The molecule has 1 amide bonds. The number of carboxylic acid groups (broad SMARTS) is 1. The number of carbonyl (C=O) groups is 2. The fraction of sp³-hybridized carbons (Fsp3) is 0.242. The fourth-order valence-corrected chi connectivity index (χ4v) is 4.93. The first kappa shape index (κ1) is 31.3. The van der Waals surface area contributed by atoms with Crippen molar-refractivity contribution < 1.29 is 33.7 Å². The van der Waals surface area contributed by atoms with Gasteiger partial charge >= 0.3 is 0 Å². The Morgan fingerprint density at radius 1 is 0.953 bits per heavy atom. The Balaban J connectivity index is 1.93. The van der Waals surface area contributed by atoms with Gasteiger partial charge in [0.2, 0.25) is 0 Å². The zero-order valence-corrected chi connectivity index (χ0v) is 23.7. The predicted octanol–water partition coefficient (Wildman–Crippen LogP) is 4.27. The van der Waals surface area contributed by atoms with E-state index in [1.54, 1.807) is 59.3 Å². The van der Waals surface area contributed by atoms with Crippen LogP contribution in [-0.2, 0) is 11.3 Å². The third kappa shape index (κ3) is 7.79. The number of pyridine rings is 1. The van der Waals surface area contributed by atoms with Crippen LogP contribution in [0.1, 0.15) is 54.6 Å². The van der Waals surface area contributed by atoms with Crippen molar-refractivity contribution >= 4 is 18.0 Å². The van der Waals surface area contributed by atoms with Crippen molar-refractivity contribution in [3.05, 3.63) is 108 Å². The van der Waals surface area contributed by atoms with E-state index < -0.39 is 42.1 Å². The van der Waals surface area contributed by atoms with Gasteiger partial charge in [-0.05, 0) is 67.4 Å². The van der Waals surface area contributed by atoms with Crippen molar-refractivity contribution in [1.29, 1.82) is 0 Å². The molecule has 0 unspecified atom stereocenters. The first-order chi connectivity index (χ1) is 20.5. The van der Waals surface area contributed by atoms with Crippen LogP contribution in [0.2, 0.25) is 0 Å². The quantitative estimate of drug-likeness (QED) is 0.227. The minimum atomic E-state index is -1.44. The topological polar surface area (TPSA) is 128 Å². The lowest BCUT2D eigenvalue weighted by Crippen LogP contribution is -2.29. The van der Waals surface area contributed by atoms with Gasteiger partial charge in [0, 0.05) is 47.9 Å². The van der Waals surface area contributed by atoms with Gasteiger partial charge in [0.05, 0.1) is 24.4 Å². The average molecular weight is 589 g/mol. The number of amides is 1. The summed E-state index contributed by atoms with van der Waals surface area (Å²) in [5.41, 5.74) is 3.46. The second-order valence-electron chi connectivity index (χ2n) is 10.4. The lowest BCUT2D eigenvalue weighted by atomic mass is 9.94. The highest BCUT2D eigenvalue weighted by Crippen LogP contribution is 2.42. The SMILES string of the molecule is CC(C)n1c(/C=C/[C@@H](O)C[C@@H](O)CC(=O)[O-])c(-c2ccc(F)cc2)c(-c2ccc(F)cc2)c1C(=O)NCc1ccccn1. The highest BCUT2D eigenvalue weighted by molar-refractivity contribution is 6.06. The Labute approximate surface area is 248 Å². The summed E-state index contributed by atoms with van der Waals surface area (Å²) >= 11 is 0. The van der Waals surface area contributed by atoms with Gasteiger partial charge in [-0.1, -0.05) is 36.4 Å². The molecule has 0 saturated carbocycles. The molecule has 0 radical (unpaired) electrons. The van der Waals surface area contributed by atoms with Crippen LogP contribution in [-0.4, -0.2) is 43.8 Å². The minimum absolute atomic E-state index is 0.137. The number of aliphatic carboxylic acids is 1. The highest BCUT2D eigenvalue weighted by atomic mass is 19.1. The molecule has 8 nitrogen and oxygen atoms in total. The zero-order chi connectivity index (χ0) is 31.1. The molecule has 2 aromatic heterocycles. The number of rotatable bonds is 12. The normalized spacial score (nSPS) is 12.9. The first-order valence-electron chi connectivity index (χ1n) is 13.8. The van der Waals surface area contributed by atoms with Crippen LogP contribution < -0.4 is 10.4 Å². The molecule has 0 aliphatic rings. The predicted molar refractivity (Wildman–Crippen MR) is 156 cm³/mol. The van der Waals surface area contributed by atoms with E-state index in [-0.39, 0.29) is 24.7 Å². The molecule has 3 N–H and O–H groups in total. The molecule has 4 aromatic rings. The number of aromatic nitrogens is 2. The van der Waals surface area contributed by atoms with Gasteiger partial charge in [0.1, 0.15) is 17.3 Å². The number of nitrogens with zero attached hydrogens (tertiary/aromatic N) is 2. The van der Waals surface area contributed by atoms with E-state index in [1.807, 2.05) is 13.8 Å². The lowest BCUT2D eigenvalue weighted by Gasteiger charge is -2.17. The molecular formula is C33H32F2N3O5-. The van der Waals surface area contributed by atoms with Crippen LogP contribution in [0.5, 0.6) is 0 Å². The van der Waals surface area contributed by atoms with Crippen LogP contribution in [0.3, 0.4) is 0 Å². The number of nitrogens with one attached hydrogen (secondary N) is 1. The number of halogens is 2.